The molecule has 23 heavy (non-hydrogen) atoms. The molecule has 1 saturated carbocycles. The van der Waals surface area contributed by atoms with Crippen molar-refractivity contribution in [1.82, 2.24) is 10.2 Å². The SMILES string of the molecule is CN(CC(=O)NC1CCC2(CC1)OCCO2)C[C@@H]1CCCCO1. The summed E-state index contributed by atoms with van der Waals surface area (Å²) in [7, 11) is 1.99. The molecule has 1 amide bonds. The van der Waals surface area contributed by atoms with E-state index in [0.717, 1.165) is 51.7 Å². The molecule has 0 unspecified atom stereocenters. The molecule has 0 aromatic heterocycles. The average Bonchev–Trinajstić information content (AvgIpc) is 2.99. The lowest BCUT2D eigenvalue weighted by atomic mass is 9.90. The van der Waals surface area contributed by atoms with E-state index in [1.54, 1.807) is 0 Å². The van der Waals surface area contributed by atoms with Crippen molar-refractivity contribution in [2.75, 3.05) is 40.0 Å². The second kappa shape index (κ2) is 7.92. The molecule has 3 aliphatic rings. The first kappa shape index (κ1) is 17.1. The molecule has 3 fully saturated rings. The normalized spacial score (nSPS) is 28.3. The topological polar surface area (TPSA) is 60.0 Å². The van der Waals surface area contributed by atoms with Gasteiger partial charge in [0.2, 0.25) is 5.91 Å². The van der Waals surface area contributed by atoms with Crippen LogP contribution in [0, 0.1) is 0 Å². The summed E-state index contributed by atoms with van der Waals surface area (Å²) in [6.45, 7) is 3.53. The first-order valence-corrected chi connectivity index (χ1v) is 9.03. The summed E-state index contributed by atoms with van der Waals surface area (Å²) in [5.41, 5.74) is 0. The molecule has 6 heteroatoms. The lowest BCUT2D eigenvalue weighted by molar-refractivity contribution is -0.180. The molecule has 0 radical (unpaired) electrons. The Hall–Kier alpha value is -0.690. The number of likely N-dealkylation sites (N-methyl/N-ethyl adjacent to an activating group) is 1. The smallest absolute Gasteiger partial charge is 0.234 e. The van der Waals surface area contributed by atoms with E-state index in [2.05, 4.69) is 10.2 Å². The van der Waals surface area contributed by atoms with Crippen LogP contribution in [0.2, 0.25) is 0 Å². The van der Waals surface area contributed by atoms with Gasteiger partial charge in [-0.3, -0.25) is 9.69 Å². The van der Waals surface area contributed by atoms with Gasteiger partial charge in [-0.05, 0) is 39.2 Å². The maximum atomic E-state index is 12.2. The Labute approximate surface area is 138 Å². The van der Waals surface area contributed by atoms with Crippen molar-refractivity contribution in [3.63, 3.8) is 0 Å². The van der Waals surface area contributed by atoms with E-state index >= 15 is 0 Å². The van der Waals surface area contributed by atoms with Crippen molar-refractivity contribution in [3.05, 3.63) is 0 Å². The van der Waals surface area contributed by atoms with Crippen LogP contribution >= 0.6 is 0 Å². The molecule has 1 N–H and O–H groups in total. The molecule has 3 rings (SSSR count). The van der Waals surface area contributed by atoms with Crippen molar-refractivity contribution in [1.29, 1.82) is 0 Å². The molecule has 2 heterocycles. The molecule has 2 aliphatic heterocycles. The third-order valence-electron chi connectivity index (χ3n) is 5.13. The number of nitrogens with zero attached hydrogens (tertiary/aromatic N) is 1. The number of amides is 1. The highest BCUT2D eigenvalue weighted by atomic mass is 16.7. The van der Waals surface area contributed by atoms with Crippen LogP contribution in [-0.4, -0.2) is 68.7 Å². The van der Waals surface area contributed by atoms with Crippen LogP contribution in [0.5, 0.6) is 0 Å². The molecule has 1 spiro atoms. The predicted octanol–water partition coefficient (Wildman–Crippen LogP) is 1.29. The van der Waals surface area contributed by atoms with E-state index in [-0.39, 0.29) is 23.8 Å². The minimum atomic E-state index is -0.351. The monoisotopic (exact) mass is 326 g/mol. The zero-order valence-corrected chi connectivity index (χ0v) is 14.2. The van der Waals surface area contributed by atoms with E-state index in [4.69, 9.17) is 14.2 Å². The average molecular weight is 326 g/mol. The first-order valence-electron chi connectivity index (χ1n) is 9.03. The Morgan fingerprint density at radius 1 is 1.13 bits per heavy atom. The van der Waals surface area contributed by atoms with Gasteiger partial charge in [-0.1, -0.05) is 0 Å². The van der Waals surface area contributed by atoms with Gasteiger partial charge >= 0.3 is 0 Å². The number of carbonyl (C=O) groups excluding carboxylic acids is 1. The summed E-state index contributed by atoms with van der Waals surface area (Å²) in [4.78, 5) is 14.3. The van der Waals surface area contributed by atoms with Crippen LogP contribution in [0.25, 0.3) is 0 Å². The summed E-state index contributed by atoms with van der Waals surface area (Å²) >= 11 is 0. The van der Waals surface area contributed by atoms with Crippen molar-refractivity contribution in [2.45, 2.75) is 62.9 Å². The molecule has 2 saturated heterocycles. The highest BCUT2D eigenvalue weighted by molar-refractivity contribution is 5.78. The molecule has 132 valence electrons. The standard InChI is InChI=1S/C17H30N2O4/c1-19(12-15-4-2-3-9-21-15)13-16(20)18-14-5-7-17(8-6-14)22-10-11-23-17/h14-15H,2-13H2,1H3,(H,18,20)/t15-/m0/s1. The second-order valence-corrected chi connectivity index (χ2v) is 7.13. The molecule has 6 nitrogen and oxygen atoms in total. The van der Waals surface area contributed by atoms with E-state index in [0.29, 0.717) is 19.8 Å². The van der Waals surface area contributed by atoms with Gasteiger partial charge < -0.3 is 19.5 Å². The Kier molecular flexibility index (Phi) is 5.91. The van der Waals surface area contributed by atoms with Gasteiger partial charge in [-0.2, -0.15) is 0 Å². The van der Waals surface area contributed by atoms with Gasteiger partial charge in [0, 0.05) is 32.0 Å². The largest absolute Gasteiger partial charge is 0.377 e. The molecule has 1 aliphatic carbocycles. The summed E-state index contributed by atoms with van der Waals surface area (Å²) in [6, 6.07) is 0.250. The fraction of sp³-hybridized carbons (Fsp3) is 0.941. The van der Waals surface area contributed by atoms with E-state index in [1.165, 1.54) is 6.42 Å². The Bertz CT molecular complexity index is 382. The van der Waals surface area contributed by atoms with Crippen LogP contribution in [-0.2, 0) is 19.0 Å². The Morgan fingerprint density at radius 3 is 2.52 bits per heavy atom. The van der Waals surface area contributed by atoms with Crippen LogP contribution in [0.15, 0.2) is 0 Å². The zero-order chi connectivity index (χ0) is 16.1. The highest BCUT2D eigenvalue weighted by Gasteiger charge is 2.40. The van der Waals surface area contributed by atoms with E-state index in [9.17, 15) is 4.79 Å². The summed E-state index contributed by atoms with van der Waals surface area (Å²) < 4.78 is 17.2. The van der Waals surface area contributed by atoms with E-state index < -0.39 is 0 Å². The number of carbonyl (C=O) groups is 1. The van der Waals surface area contributed by atoms with Crippen LogP contribution < -0.4 is 5.32 Å². The van der Waals surface area contributed by atoms with Gasteiger partial charge in [0.1, 0.15) is 0 Å². The van der Waals surface area contributed by atoms with Gasteiger partial charge in [-0.25, -0.2) is 0 Å². The minimum Gasteiger partial charge on any atom is -0.377 e. The summed E-state index contributed by atoms with van der Waals surface area (Å²) in [5.74, 6) is -0.242. The fourth-order valence-electron chi connectivity index (χ4n) is 3.87. The third-order valence-corrected chi connectivity index (χ3v) is 5.13. The van der Waals surface area contributed by atoms with Gasteiger partial charge in [0.15, 0.2) is 5.79 Å². The number of hydrogen-bond donors (Lipinski definition) is 1. The summed E-state index contributed by atoms with van der Waals surface area (Å²) in [6.07, 6.45) is 7.41. The predicted molar refractivity (Wildman–Crippen MR) is 86.1 cm³/mol. The molecule has 0 bridgehead atoms. The van der Waals surface area contributed by atoms with Gasteiger partial charge in [0.25, 0.3) is 0 Å². The molecule has 0 aromatic carbocycles. The van der Waals surface area contributed by atoms with Crippen molar-refractivity contribution >= 4 is 5.91 Å². The number of nitrogens with one attached hydrogen (secondary N) is 1. The zero-order valence-electron chi connectivity index (χ0n) is 14.2. The van der Waals surface area contributed by atoms with Crippen LogP contribution in [0.3, 0.4) is 0 Å². The minimum absolute atomic E-state index is 0.109. The Balaban J connectivity index is 1.34. The number of ether oxygens (including phenoxy) is 3. The van der Waals surface area contributed by atoms with Gasteiger partial charge in [0.05, 0.1) is 25.9 Å². The molecular formula is C17H30N2O4. The second-order valence-electron chi connectivity index (χ2n) is 7.13. The van der Waals surface area contributed by atoms with Gasteiger partial charge in [-0.15, -0.1) is 0 Å². The van der Waals surface area contributed by atoms with Crippen LogP contribution in [0.4, 0.5) is 0 Å². The van der Waals surface area contributed by atoms with Crippen LogP contribution in [0.1, 0.15) is 44.9 Å². The highest BCUT2D eigenvalue weighted by Crippen LogP contribution is 2.35. The molecular weight excluding hydrogens is 296 g/mol. The van der Waals surface area contributed by atoms with Crippen molar-refractivity contribution in [2.24, 2.45) is 0 Å². The Morgan fingerprint density at radius 2 is 1.87 bits per heavy atom. The molecule has 1 atom stereocenters. The maximum Gasteiger partial charge on any atom is 0.234 e. The number of rotatable bonds is 5. The summed E-state index contributed by atoms with van der Waals surface area (Å²) in [5, 5.41) is 3.16. The van der Waals surface area contributed by atoms with Crippen molar-refractivity contribution < 1.29 is 19.0 Å². The fourth-order valence-corrected chi connectivity index (χ4v) is 3.87. The maximum absolute atomic E-state index is 12.2. The lowest BCUT2D eigenvalue weighted by Crippen LogP contribution is -2.47. The van der Waals surface area contributed by atoms with E-state index in [1.807, 2.05) is 7.05 Å². The molecule has 0 aromatic rings. The third kappa shape index (κ3) is 4.89. The first-order chi connectivity index (χ1) is 11.2. The van der Waals surface area contributed by atoms with Crippen molar-refractivity contribution in [3.8, 4) is 0 Å². The lowest BCUT2D eigenvalue weighted by Gasteiger charge is -2.35. The quantitative estimate of drug-likeness (QED) is 0.825. The number of hydrogen-bond acceptors (Lipinski definition) is 5.